The summed E-state index contributed by atoms with van der Waals surface area (Å²) in [7, 11) is 0. The van der Waals surface area contributed by atoms with Crippen LogP contribution < -0.4 is 5.32 Å². The highest BCUT2D eigenvalue weighted by Crippen LogP contribution is 2.39. The third-order valence-electron chi connectivity index (χ3n) is 5.13. The second kappa shape index (κ2) is 7.94. The molecule has 1 atom stereocenters. The van der Waals surface area contributed by atoms with Gasteiger partial charge in [0.05, 0.1) is 21.9 Å². The first kappa shape index (κ1) is 19.0. The van der Waals surface area contributed by atoms with Crippen molar-refractivity contribution in [2.24, 2.45) is 5.92 Å². The molecule has 0 aliphatic heterocycles. The van der Waals surface area contributed by atoms with Crippen LogP contribution >= 0.6 is 23.1 Å². The molecule has 1 unspecified atom stereocenters. The summed E-state index contributed by atoms with van der Waals surface area (Å²) >= 11 is 2.99. The molecule has 0 spiro atoms. The minimum atomic E-state index is -0.0965. The molecule has 0 fully saturated rings. The van der Waals surface area contributed by atoms with E-state index in [9.17, 15) is 10.1 Å². The number of hydrogen-bond donors (Lipinski definition) is 1. The zero-order valence-electron chi connectivity index (χ0n) is 15.9. The van der Waals surface area contributed by atoms with E-state index in [1.165, 1.54) is 16.6 Å². The van der Waals surface area contributed by atoms with Gasteiger partial charge in [-0.1, -0.05) is 36.9 Å². The van der Waals surface area contributed by atoms with Crippen LogP contribution in [0.1, 0.15) is 34.9 Å². The molecule has 28 heavy (non-hydrogen) atoms. The van der Waals surface area contributed by atoms with Crippen molar-refractivity contribution in [1.82, 2.24) is 4.98 Å². The van der Waals surface area contributed by atoms with Crippen molar-refractivity contribution in [3.8, 4) is 6.07 Å². The largest absolute Gasteiger partial charge is 0.316 e. The average molecular weight is 408 g/mol. The van der Waals surface area contributed by atoms with E-state index in [-0.39, 0.29) is 11.7 Å². The molecule has 1 amide bonds. The monoisotopic (exact) mass is 407 g/mol. The van der Waals surface area contributed by atoms with Crippen LogP contribution in [0, 0.1) is 24.2 Å². The number of rotatable bonds is 4. The van der Waals surface area contributed by atoms with E-state index in [2.05, 4.69) is 36.3 Å². The van der Waals surface area contributed by atoms with Crippen molar-refractivity contribution in [2.45, 2.75) is 38.1 Å². The molecule has 1 N–H and O–H groups in total. The number of fused-ring (bicyclic) bond motifs is 2. The fraction of sp³-hybridized carbons (Fsp3) is 0.318. The zero-order valence-corrected chi connectivity index (χ0v) is 17.5. The Hall–Kier alpha value is -2.36. The molecular weight excluding hydrogens is 386 g/mol. The molecule has 0 saturated carbocycles. The van der Waals surface area contributed by atoms with Gasteiger partial charge in [-0.25, -0.2) is 4.98 Å². The van der Waals surface area contributed by atoms with E-state index in [1.807, 2.05) is 24.3 Å². The van der Waals surface area contributed by atoms with Gasteiger partial charge in [0.2, 0.25) is 5.91 Å². The number of benzene rings is 1. The molecule has 0 bridgehead atoms. The molecule has 1 aromatic carbocycles. The molecule has 4 nitrogen and oxygen atoms in total. The van der Waals surface area contributed by atoms with E-state index in [4.69, 9.17) is 0 Å². The second-order valence-corrected chi connectivity index (χ2v) is 9.40. The molecule has 0 radical (unpaired) electrons. The quantitative estimate of drug-likeness (QED) is 0.594. The van der Waals surface area contributed by atoms with Gasteiger partial charge in [-0.3, -0.25) is 4.79 Å². The third kappa shape index (κ3) is 3.78. The number of nitrogens with one attached hydrogen (secondary N) is 1. The zero-order chi connectivity index (χ0) is 19.7. The van der Waals surface area contributed by atoms with Crippen molar-refractivity contribution in [1.29, 1.82) is 5.26 Å². The van der Waals surface area contributed by atoms with Crippen molar-refractivity contribution in [2.75, 3.05) is 11.1 Å². The molecule has 2 heterocycles. The molecule has 6 heteroatoms. The van der Waals surface area contributed by atoms with Crippen LogP contribution in [0.5, 0.6) is 0 Å². The number of para-hydroxylation sites is 1. The number of pyridine rings is 1. The molecular formula is C22H21N3OS2. The van der Waals surface area contributed by atoms with Crippen molar-refractivity contribution < 1.29 is 4.79 Å². The van der Waals surface area contributed by atoms with Gasteiger partial charge in [-0.2, -0.15) is 5.26 Å². The number of hydrogen-bond acceptors (Lipinski definition) is 5. The molecule has 142 valence electrons. The van der Waals surface area contributed by atoms with E-state index >= 15 is 0 Å². The van der Waals surface area contributed by atoms with Gasteiger partial charge in [0.1, 0.15) is 11.1 Å². The fourth-order valence-electron chi connectivity index (χ4n) is 3.65. The first-order valence-corrected chi connectivity index (χ1v) is 11.2. The van der Waals surface area contributed by atoms with Crippen LogP contribution in [-0.4, -0.2) is 16.6 Å². The van der Waals surface area contributed by atoms with Crippen LogP contribution in [0.15, 0.2) is 35.4 Å². The first-order chi connectivity index (χ1) is 13.5. The van der Waals surface area contributed by atoms with Crippen LogP contribution in [0.3, 0.4) is 0 Å². The Bertz CT molecular complexity index is 1100. The van der Waals surface area contributed by atoms with Crippen molar-refractivity contribution in [3.05, 3.63) is 51.9 Å². The number of nitriles is 1. The first-order valence-electron chi connectivity index (χ1n) is 9.39. The Balaban J connectivity index is 1.46. The van der Waals surface area contributed by atoms with E-state index in [1.54, 1.807) is 11.3 Å². The van der Waals surface area contributed by atoms with E-state index in [0.29, 0.717) is 16.5 Å². The Morgan fingerprint density at radius 3 is 3.07 bits per heavy atom. The third-order valence-corrected chi connectivity index (χ3v) is 7.21. The normalized spacial score (nSPS) is 15.8. The maximum absolute atomic E-state index is 12.5. The lowest BCUT2D eigenvalue weighted by molar-refractivity contribution is -0.113. The highest BCUT2D eigenvalue weighted by atomic mass is 32.2. The summed E-state index contributed by atoms with van der Waals surface area (Å²) in [6.45, 7) is 4.30. The van der Waals surface area contributed by atoms with Gasteiger partial charge >= 0.3 is 0 Å². The number of amides is 1. The average Bonchev–Trinajstić information content (AvgIpc) is 3.02. The second-order valence-electron chi connectivity index (χ2n) is 7.30. The SMILES string of the molecule is Cc1cc(SCC(=O)Nc2sc3c(c2C#N)CCC(C)C3)nc2ccccc12. The maximum Gasteiger partial charge on any atom is 0.235 e. The molecule has 2 aromatic heterocycles. The van der Waals surface area contributed by atoms with Gasteiger partial charge < -0.3 is 5.32 Å². The number of aromatic nitrogens is 1. The molecule has 4 rings (SSSR count). The summed E-state index contributed by atoms with van der Waals surface area (Å²) in [6.07, 6.45) is 3.04. The molecule has 0 saturated heterocycles. The summed E-state index contributed by atoms with van der Waals surface area (Å²) < 4.78 is 0. The van der Waals surface area contributed by atoms with Gasteiger partial charge in [-0.15, -0.1) is 11.3 Å². The van der Waals surface area contributed by atoms with E-state index < -0.39 is 0 Å². The maximum atomic E-state index is 12.5. The summed E-state index contributed by atoms with van der Waals surface area (Å²) in [6, 6.07) is 12.3. The molecule has 3 aromatic rings. The van der Waals surface area contributed by atoms with Crippen LogP contribution in [0.2, 0.25) is 0 Å². The number of carbonyl (C=O) groups excluding carboxylic acids is 1. The Morgan fingerprint density at radius 2 is 2.25 bits per heavy atom. The van der Waals surface area contributed by atoms with E-state index in [0.717, 1.165) is 46.3 Å². The Kier molecular flexibility index (Phi) is 5.38. The lowest BCUT2D eigenvalue weighted by atomic mass is 9.89. The van der Waals surface area contributed by atoms with Crippen LogP contribution in [0.4, 0.5) is 5.00 Å². The topological polar surface area (TPSA) is 65.8 Å². The summed E-state index contributed by atoms with van der Waals surface area (Å²) in [4.78, 5) is 18.4. The highest BCUT2D eigenvalue weighted by molar-refractivity contribution is 7.99. The minimum absolute atomic E-state index is 0.0965. The number of thiophene rings is 1. The molecule has 1 aliphatic carbocycles. The number of nitrogens with zero attached hydrogens (tertiary/aromatic N) is 2. The number of thioether (sulfide) groups is 1. The highest BCUT2D eigenvalue weighted by Gasteiger charge is 2.24. The molecule has 1 aliphatic rings. The Morgan fingerprint density at radius 1 is 1.43 bits per heavy atom. The van der Waals surface area contributed by atoms with Crippen LogP contribution in [-0.2, 0) is 17.6 Å². The summed E-state index contributed by atoms with van der Waals surface area (Å²) in [5, 5.41) is 15.2. The van der Waals surface area contributed by atoms with Crippen LogP contribution in [0.25, 0.3) is 10.9 Å². The fourth-order valence-corrected chi connectivity index (χ4v) is 5.80. The summed E-state index contributed by atoms with van der Waals surface area (Å²) in [5.41, 5.74) is 3.89. The summed E-state index contributed by atoms with van der Waals surface area (Å²) in [5.74, 6) is 0.814. The van der Waals surface area contributed by atoms with Gasteiger partial charge in [-0.05, 0) is 55.4 Å². The van der Waals surface area contributed by atoms with Gasteiger partial charge in [0.15, 0.2) is 0 Å². The lowest BCUT2D eigenvalue weighted by Gasteiger charge is -2.17. The standard InChI is InChI=1S/C22H21N3OS2/c1-13-7-8-16-17(11-23)22(28-19(16)9-13)25-20(26)12-27-21-10-14(2)15-5-3-4-6-18(15)24-21/h3-6,10,13H,7-9,12H2,1-2H3,(H,25,26). The van der Waals surface area contributed by atoms with Crippen molar-refractivity contribution >= 4 is 44.9 Å². The lowest BCUT2D eigenvalue weighted by Crippen LogP contribution is -2.14. The predicted molar refractivity (Wildman–Crippen MR) is 116 cm³/mol. The minimum Gasteiger partial charge on any atom is -0.316 e. The predicted octanol–water partition coefficient (Wildman–Crippen LogP) is 5.33. The van der Waals surface area contributed by atoms with Crippen molar-refractivity contribution in [3.63, 3.8) is 0 Å². The number of anilines is 1. The Labute approximate surface area is 173 Å². The number of carbonyl (C=O) groups is 1. The van der Waals surface area contributed by atoms with Gasteiger partial charge in [0.25, 0.3) is 0 Å². The number of aryl methyl sites for hydroxylation is 1. The van der Waals surface area contributed by atoms with Gasteiger partial charge in [0, 0.05) is 10.3 Å². The smallest absolute Gasteiger partial charge is 0.235 e.